The highest BCUT2D eigenvalue weighted by molar-refractivity contribution is 7.07. The SMILES string of the molecule is COC(=O)C1=C(C)N=c2s/c(=C/c3ccc(N(C)C)cc3)c(=O)n2C1c1ccc(C(C)(C)C)cc1. The fourth-order valence-corrected chi connectivity index (χ4v) is 5.24. The van der Waals surface area contributed by atoms with Gasteiger partial charge < -0.3 is 9.64 Å². The van der Waals surface area contributed by atoms with Gasteiger partial charge in [0.1, 0.15) is 0 Å². The maximum Gasteiger partial charge on any atom is 0.338 e. The third-order valence-corrected chi connectivity index (χ3v) is 7.21. The summed E-state index contributed by atoms with van der Waals surface area (Å²) >= 11 is 1.33. The fourth-order valence-electron chi connectivity index (χ4n) is 4.19. The van der Waals surface area contributed by atoms with Gasteiger partial charge in [0.05, 0.1) is 29.0 Å². The van der Waals surface area contributed by atoms with Crippen molar-refractivity contribution in [3.63, 3.8) is 0 Å². The van der Waals surface area contributed by atoms with Crippen LogP contribution in [0, 0.1) is 0 Å². The molecule has 0 N–H and O–H groups in total. The number of ether oxygens (including phenoxy) is 1. The molecule has 0 amide bonds. The Kier molecular flexibility index (Phi) is 6.56. The Labute approximate surface area is 209 Å². The van der Waals surface area contributed by atoms with Crippen LogP contribution in [0.5, 0.6) is 0 Å². The molecule has 3 aromatic rings. The lowest BCUT2D eigenvalue weighted by Gasteiger charge is -2.25. The summed E-state index contributed by atoms with van der Waals surface area (Å²) in [6.07, 6.45) is 1.88. The zero-order valence-corrected chi connectivity index (χ0v) is 22.1. The zero-order valence-electron chi connectivity index (χ0n) is 21.2. The minimum atomic E-state index is -0.606. The first-order valence-corrected chi connectivity index (χ1v) is 12.3. The molecule has 0 spiro atoms. The van der Waals surface area contributed by atoms with Crippen molar-refractivity contribution in [3.05, 3.63) is 96.2 Å². The largest absolute Gasteiger partial charge is 0.466 e. The molecular formula is C28H31N3O3S. The number of aromatic nitrogens is 1. The van der Waals surface area contributed by atoms with Crippen LogP contribution in [0.1, 0.15) is 50.4 Å². The van der Waals surface area contributed by atoms with E-state index >= 15 is 0 Å². The van der Waals surface area contributed by atoms with Crippen molar-refractivity contribution >= 4 is 29.1 Å². The molecule has 1 atom stereocenters. The Hall–Kier alpha value is -3.45. The van der Waals surface area contributed by atoms with Crippen LogP contribution in [0.4, 0.5) is 5.69 Å². The van der Waals surface area contributed by atoms with Crippen LogP contribution in [0.25, 0.3) is 6.08 Å². The van der Waals surface area contributed by atoms with Gasteiger partial charge in [-0.05, 0) is 47.2 Å². The van der Waals surface area contributed by atoms with Crippen molar-refractivity contribution < 1.29 is 9.53 Å². The van der Waals surface area contributed by atoms with Crippen LogP contribution in [0.3, 0.4) is 0 Å². The second kappa shape index (κ2) is 9.30. The van der Waals surface area contributed by atoms with Crippen LogP contribution < -0.4 is 19.8 Å². The lowest BCUT2D eigenvalue weighted by atomic mass is 9.85. The maximum absolute atomic E-state index is 13.7. The van der Waals surface area contributed by atoms with Crippen molar-refractivity contribution in [2.24, 2.45) is 4.99 Å². The van der Waals surface area contributed by atoms with E-state index in [1.807, 2.05) is 61.5 Å². The Morgan fingerprint density at radius 2 is 1.71 bits per heavy atom. The first-order valence-electron chi connectivity index (χ1n) is 11.5. The standard InChI is InChI=1S/C28H31N3O3S/c1-17-23(26(33)34-7)24(19-10-12-20(13-11-19)28(2,3)4)31-25(32)22(35-27(31)29-17)16-18-8-14-21(15-9-18)30(5)6/h8-16,24H,1-7H3/b22-16+. The summed E-state index contributed by atoms with van der Waals surface area (Å²) in [5, 5.41) is 0. The third-order valence-electron chi connectivity index (χ3n) is 6.23. The smallest absolute Gasteiger partial charge is 0.338 e. The number of carbonyl (C=O) groups excluding carboxylic acids is 1. The molecular weight excluding hydrogens is 458 g/mol. The number of esters is 1. The number of benzene rings is 2. The van der Waals surface area contributed by atoms with Gasteiger partial charge >= 0.3 is 5.97 Å². The molecule has 2 heterocycles. The van der Waals surface area contributed by atoms with E-state index < -0.39 is 12.0 Å². The number of rotatable bonds is 4. The average molecular weight is 490 g/mol. The molecule has 35 heavy (non-hydrogen) atoms. The van der Waals surface area contributed by atoms with E-state index in [-0.39, 0.29) is 11.0 Å². The second-order valence-corrected chi connectivity index (χ2v) is 10.9. The maximum atomic E-state index is 13.7. The van der Waals surface area contributed by atoms with Gasteiger partial charge in [-0.3, -0.25) is 9.36 Å². The van der Waals surface area contributed by atoms with Gasteiger partial charge in [0.25, 0.3) is 5.56 Å². The molecule has 4 rings (SSSR count). The van der Waals surface area contributed by atoms with Crippen molar-refractivity contribution in [2.75, 3.05) is 26.1 Å². The molecule has 0 fully saturated rings. The van der Waals surface area contributed by atoms with Gasteiger partial charge in [-0.15, -0.1) is 0 Å². The number of fused-ring (bicyclic) bond motifs is 1. The topological polar surface area (TPSA) is 63.9 Å². The van der Waals surface area contributed by atoms with Gasteiger partial charge in [-0.1, -0.05) is 68.5 Å². The summed E-state index contributed by atoms with van der Waals surface area (Å²) in [4.78, 5) is 33.7. The quantitative estimate of drug-likeness (QED) is 0.524. The van der Waals surface area contributed by atoms with Crippen LogP contribution in [-0.2, 0) is 14.9 Å². The van der Waals surface area contributed by atoms with Gasteiger partial charge in [-0.25, -0.2) is 9.79 Å². The van der Waals surface area contributed by atoms with Crippen LogP contribution in [-0.4, -0.2) is 31.7 Å². The van der Waals surface area contributed by atoms with Gasteiger partial charge in [0, 0.05) is 19.8 Å². The minimum absolute atomic E-state index is 0.00793. The molecule has 0 bridgehead atoms. The predicted octanol–water partition coefficient (Wildman–Crippen LogP) is 3.77. The highest BCUT2D eigenvalue weighted by atomic mass is 32.1. The molecule has 0 radical (unpaired) electrons. The van der Waals surface area contributed by atoms with E-state index in [2.05, 4.69) is 37.9 Å². The van der Waals surface area contributed by atoms with Gasteiger partial charge in [0.2, 0.25) is 0 Å². The Morgan fingerprint density at radius 3 is 2.26 bits per heavy atom. The van der Waals surface area contributed by atoms with E-state index in [4.69, 9.17) is 4.74 Å². The summed E-state index contributed by atoms with van der Waals surface area (Å²) in [6.45, 7) is 8.25. The summed E-state index contributed by atoms with van der Waals surface area (Å²) in [7, 11) is 5.33. The number of allylic oxidation sites excluding steroid dienone is 1. The molecule has 1 aromatic heterocycles. The molecule has 182 valence electrons. The van der Waals surface area contributed by atoms with Crippen molar-refractivity contribution in [2.45, 2.75) is 39.2 Å². The number of anilines is 1. The molecule has 1 aliphatic rings. The zero-order chi connectivity index (χ0) is 25.5. The molecule has 7 heteroatoms. The van der Waals surface area contributed by atoms with E-state index in [1.165, 1.54) is 24.0 Å². The third kappa shape index (κ3) is 4.73. The number of hydrogen-bond acceptors (Lipinski definition) is 6. The van der Waals surface area contributed by atoms with E-state index in [9.17, 15) is 9.59 Å². The highest BCUT2D eigenvalue weighted by Crippen LogP contribution is 2.32. The number of methoxy groups -OCH3 is 1. The number of hydrogen-bond donors (Lipinski definition) is 0. The normalized spacial score (nSPS) is 16.1. The van der Waals surface area contributed by atoms with Gasteiger partial charge in [-0.2, -0.15) is 0 Å². The molecule has 1 aliphatic heterocycles. The summed E-state index contributed by atoms with van der Waals surface area (Å²) in [5.74, 6) is -0.482. The lowest BCUT2D eigenvalue weighted by Crippen LogP contribution is -2.39. The average Bonchev–Trinajstić information content (AvgIpc) is 3.12. The van der Waals surface area contributed by atoms with Crippen molar-refractivity contribution in [3.8, 4) is 0 Å². The number of nitrogens with zero attached hydrogens (tertiary/aromatic N) is 3. The summed E-state index contributed by atoms with van der Waals surface area (Å²) in [5.41, 5.74) is 4.79. The van der Waals surface area contributed by atoms with Gasteiger partial charge in [0.15, 0.2) is 4.80 Å². The van der Waals surface area contributed by atoms with Crippen LogP contribution in [0.2, 0.25) is 0 Å². The van der Waals surface area contributed by atoms with E-state index in [0.717, 1.165) is 16.8 Å². The Bertz CT molecular complexity index is 1470. The van der Waals surface area contributed by atoms with E-state index in [0.29, 0.717) is 20.6 Å². The molecule has 0 saturated carbocycles. The summed E-state index contributed by atoms with van der Waals surface area (Å²) < 4.78 is 7.28. The van der Waals surface area contributed by atoms with Crippen molar-refractivity contribution in [1.29, 1.82) is 0 Å². The Morgan fingerprint density at radius 1 is 1.09 bits per heavy atom. The lowest BCUT2D eigenvalue weighted by molar-refractivity contribution is -0.136. The first kappa shape index (κ1) is 24.7. The summed E-state index contributed by atoms with van der Waals surface area (Å²) in [6, 6.07) is 15.5. The molecule has 1 unspecified atom stereocenters. The minimum Gasteiger partial charge on any atom is -0.466 e. The Balaban J connectivity index is 1.89. The molecule has 2 aromatic carbocycles. The second-order valence-electron chi connectivity index (χ2n) is 9.93. The van der Waals surface area contributed by atoms with Crippen LogP contribution >= 0.6 is 11.3 Å². The highest BCUT2D eigenvalue weighted by Gasteiger charge is 2.33. The predicted molar refractivity (Wildman–Crippen MR) is 142 cm³/mol. The molecule has 6 nitrogen and oxygen atoms in total. The van der Waals surface area contributed by atoms with Crippen molar-refractivity contribution in [1.82, 2.24) is 4.57 Å². The monoisotopic (exact) mass is 489 g/mol. The fraction of sp³-hybridized carbons (Fsp3) is 0.321. The molecule has 0 saturated heterocycles. The van der Waals surface area contributed by atoms with Crippen LogP contribution in [0.15, 0.2) is 69.6 Å². The first-order chi connectivity index (χ1) is 16.5. The number of carbonyl (C=O) groups is 1. The molecule has 0 aliphatic carbocycles. The number of thiazole rings is 1. The van der Waals surface area contributed by atoms with E-state index in [1.54, 1.807) is 11.5 Å².